The molecule has 1 heterocycles. The van der Waals surface area contributed by atoms with Gasteiger partial charge >= 0.3 is 0 Å². The number of hydrogen-bond acceptors (Lipinski definition) is 1. The van der Waals surface area contributed by atoms with E-state index in [1.54, 1.807) is 0 Å². The molecule has 0 aliphatic carbocycles. The van der Waals surface area contributed by atoms with Crippen molar-refractivity contribution in [3.63, 3.8) is 0 Å². The number of para-hydroxylation sites is 1. The standard InChI is InChI=1S/C19H16NO/c1-14-6-4-9-16-12-20(13-21-19(14)16)18-11-5-8-15-7-2-3-10-17(15)18/h2-12H,13H2,1H3/q+1. The maximum Gasteiger partial charge on any atom is 0.292 e. The predicted molar refractivity (Wildman–Crippen MR) is 85.7 cm³/mol. The quantitative estimate of drug-likeness (QED) is 0.604. The number of rotatable bonds is 1. The third-order valence-electron chi connectivity index (χ3n) is 3.96. The Morgan fingerprint density at radius 2 is 1.71 bits per heavy atom. The lowest BCUT2D eigenvalue weighted by atomic mass is 10.1. The number of benzene rings is 3. The van der Waals surface area contributed by atoms with Gasteiger partial charge in [-0.1, -0.05) is 42.5 Å². The van der Waals surface area contributed by atoms with Gasteiger partial charge in [0.05, 0.1) is 10.9 Å². The van der Waals surface area contributed by atoms with Crippen LogP contribution in [0.15, 0.2) is 60.7 Å². The molecule has 0 unspecified atom stereocenters. The number of ether oxygens (including phenoxy) is 1. The molecule has 0 N–H and O–H groups in total. The molecule has 0 spiro atoms. The zero-order valence-corrected chi connectivity index (χ0v) is 11.9. The monoisotopic (exact) mass is 274 g/mol. The first-order chi connectivity index (χ1) is 10.3. The van der Waals surface area contributed by atoms with Gasteiger partial charge in [-0.3, -0.25) is 0 Å². The minimum atomic E-state index is 0.547. The summed E-state index contributed by atoms with van der Waals surface area (Å²) in [5.74, 6) is 0.994. The van der Waals surface area contributed by atoms with Crippen LogP contribution in [0.3, 0.4) is 0 Å². The lowest BCUT2D eigenvalue weighted by molar-refractivity contribution is -0.474. The van der Waals surface area contributed by atoms with Crippen LogP contribution < -0.4 is 4.74 Å². The molecule has 3 aromatic carbocycles. The van der Waals surface area contributed by atoms with E-state index in [4.69, 9.17) is 4.74 Å². The summed E-state index contributed by atoms with van der Waals surface area (Å²) >= 11 is 0. The molecule has 0 aromatic heterocycles. The molecule has 2 heteroatoms. The molecule has 0 bridgehead atoms. The summed E-state index contributed by atoms with van der Waals surface area (Å²) in [4.78, 5) is 0. The minimum Gasteiger partial charge on any atom is -0.435 e. The molecule has 2 nitrogen and oxygen atoms in total. The van der Waals surface area contributed by atoms with E-state index in [1.807, 2.05) is 0 Å². The highest BCUT2D eigenvalue weighted by atomic mass is 16.5. The molecule has 102 valence electrons. The third kappa shape index (κ3) is 2.00. The molecule has 3 aromatic rings. The van der Waals surface area contributed by atoms with Crippen LogP contribution >= 0.6 is 0 Å². The van der Waals surface area contributed by atoms with Crippen LogP contribution in [0, 0.1) is 6.92 Å². The molecule has 1 aliphatic rings. The summed E-state index contributed by atoms with van der Waals surface area (Å²) < 4.78 is 8.14. The molecule has 4 rings (SSSR count). The lowest BCUT2D eigenvalue weighted by Gasteiger charge is -2.16. The van der Waals surface area contributed by atoms with Crippen molar-refractivity contribution >= 4 is 22.7 Å². The Balaban J connectivity index is 1.91. The Morgan fingerprint density at radius 1 is 0.905 bits per heavy atom. The van der Waals surface area contributed by atoms with Gasteiger partial charge in [0.2, 0.25) is 5.69 Å². The normalized spacial score (nSPS) is 13.5. The predicted octanol–water partition coefficient (Wildman–Crippen LogP) is 4.26. The summed E-state index contributed by atoms with van der Waals surface area (Å²) in [5, 5.41) is 2.49. The molecule has 0 saturated heterocycles. The van der Waals surface area contributed by atoms with Crippen LogP contribution in [0.25, 0.3) is 10.8 Å². The van der Waals surface area contributed by atoms with E-state index in [1.165, 1.54) is 22.0 Å². The second-order valence-corrected chi connectivity index (χ2v) is 5.36. The largest absolute Gasteiger partial charge is 0.435 e. The van der Waals surface area contributed by atoms with Gasteiger partial charge < -0.3 is 4.74 Å². The van der Waals surface area contributed by atoms with E-state index in [0.29, 0.717) is 6.73 Å². The molecule has 21 heavy (non-hydrogen) atoms. The molecule has 0 saturated carbocycles. The SMILES string of the molecule is Cc1cccc2c1OC[N+](c1cccc3ccccc13)=C2. The first kappa shape index (κ1) is 12.2. The van der Waals surface area contributed by atoms with Crippen molar-refractivity contribution in [1.82, 2.24) is 0 Å². The van der Waals surface area contributed by atoms with Crippen molar-refractivity contribution in [2.75, 3.05) is 6.73 Å². The van der Waals surface area contributed by atoms with Gasteiger partial charge in [0, 0.05) is 6.07 Å². The lowest BCUT2D eigenvalue weighted by Crippen LogP contribution is -2.21. The zero-order valence-electron chi connectivity index (χ0n) is 11.9. The molecule has 0 atom stereocenters. The highest BCUT2D eigenvalue weighted by Gasteiger charge is 2.21. The van der Waals surface area contributed by atoms with Gasteiger partial charge in [-0.15, -0.1) is 0 Å². The van der Waals surface area contributed by atoms with Crippen molar-refractivity contribution in [2.45, 2.75) is 6.92 Å². The van der Waals surface area contributed by atoms with E-state index < -0.39 is 0 Å². The fraction of sp³-hybridized carbons (Fsp3) is 0.105. The van der Waals surface area contributed by atoms with Crippen LogP contribution in [0.5, 0.6) is 5.75 Å². The van der Waals surface area contributed by atoms with E-state index in [0.717, 1.165) is 11.3 Å². The highest BCUT2D eigenvalue weighted by molar-refractivity contribution is 5.92. The molecule has 0 fully saturated rings. The summed E-state index contributed by atoms with van der Waals surface area (Å²) in [6, 6.07) is 21.1. The van der Waals surface area contributed by atoms with E-state index >= 15 is 0 Å². The Kier molecular flexibility index (Phi) is 2.74. The summed E-state index contributed by atoms with van der Waals surface area (Å²) in [6.45, 7) is 2.63. The van der Waals surface area contributed by atoms with Gasteiger partial charge in [-0.05, 0) is 30.0 Å². The Bertz CT molecular complexity index is 859. The fourth-order valence-electron chi connectivity index (χ4n) is 2.91. The van der Waals surface area contributed by atoms with Gasteiger partial charge in [0.1, 0.15) is 5.75 Å². The maximum atomic E-state index is 5.96. The van der Waals surface area contributed by atoms with E-state index in [9.17, 15) is 0 Å². The van der Waals surface area contributed by atoms with Gasteiger partial charge in [-0.2, -0.15) is 4.58 Å². The zero-order chi connectivity index (χ0) is 14.2. The van der Waals surface area contributed by atoms with Crippen molar-refractivity contribution in [1.29, 1.82) is 0 Å². The fourth-order valence-corrected chi connectivity index (χ4v) is 2.91. The van der Waals surface area contributed by atoms with Crippen LogP contribution in [0.4, 0.5) is 5.69 Å². The van der Waals surface area contributed by atoms with E-state index in [-0.39, 0.29) is 0 Å². The molecule has 1 aliphatic heterocycles. The Labute approximate surface area is 123 Å². The smallest absolute Gasteiger partial charge is 0.292 e. The summed E-state index contributed by atoms with van der Waals surface area (Å²) in [5.41, 5.74) is 3.50. The molecular weight excluding hydrogens is 258 g/mol. The maximum absolute atomic E-state index is 5.96. The minimum absolute atomic E-state index is 0.547. The van der Waals surface area contributed by atoms with Crippen molar-refractivity contribution in [3.8, 4) is 5.75 Å². The number of aryl methyl sites for hydroxylation is 1. The molecule has 0 amide bonds. The first-order valence-corrected chi connectivity index (χ1v) is 7.14. The van der Waals surface area contributed by atoms with Crippen LogP contribution in [0.1, 0.15) is 11.1 Å². The average Bonchev–Trinajstić information content (AvgIpc) is 2.54. The second-order valence-electron chi connectivity index (χ2n) is 5.36. The third-order valence-corrected chi connectivity index (χ3v) is 3.96. The average molecular weight is 274 g/mol. The summed E-state index contributed by atoms with van der Waals surface area (Å²) in [6.07, 6.45) is 2.17. The molecule has 0 radical (unpaired) electrons. The number of fused-ring (bicyclic) bond motifs is 2. The van der Waals surface area contributed by atoms with Gasteiger partial charge in [0.25, 0.3) is 6.73 Å². The van der Waals surface area contributed by atoms with Crippen molar-refractivity contribution in [3.05, 3.63) is 71.8 Å². The van der Waals surface area contributed by atoms with Crippen LogP contribution in [-0.4, -0.2) is 17.5 Å². The first-order valence-electron chi connectivity index (χ1n) is 7.14. The second kappa shape index (κ2) is 4.74. The van der Waals surface area contributed by atoms with Crippen molar-refractivity contribution < 1.29 is 9.31 Å². The topological polar surface area (TPSA) is 12.2 Å². The van der Waals surface area contributed by atoms with Crippen LogP contribution in [-0.2, 0) is 0 Å². The highest BCUT2D eigenvalue weighted by Crippen LogP contribution is 2.30. The van der Waals surface area contributed by atoms with Crippen LogP contribution in [0.2, 0.25) is 0 Å². The van der Waals surface area contributed by atoms with Gasteiger partial charge in [-0.25, -0.2) is 0 Å². The summed E-state index contributed by atoms with van der Waals surface area (Å²) in [7, 11) is 0. The van der Waals surface area contributed by atoms with E-state index in [2.05, 4.69) is 78.4 Å². The Morgan fingerprint density at radius 3 is 2.67 bits per heavy atom. The number of hydrogen-bond donors (Lipinski definition) is 0. The number of nitrogens with zero attached hydrogens (tertiary/aromatic N) is 1. The Hall–Kier alpha value is -2.61. The molecular formula is C19H16NO+. The van der Waals surface area contributed by atoms with Crippen molar-refractivity contribution in [2.24, 2.45) is 0 Å². The van der Waals surface area contributed by atoms with Gasteiger partial charge in [0.15, 0.2) is 6.21 Å².